The highest BCUT2D eigenvalue weighted by molar-refractivity contribution is 5.68. The molecule has 0 aromatic heterocycles. The maximum atomic E-state index is 12.3. The van der Waals surface area contributed by atoms with E-state index in [9.17, 15) is 14.3 Å². The van der Waals surface area contributed by atoms with Crippen molar-refractivity contribution in [2.24, 2.45) is 5.92 Å². The van der Waals surface area contributed by atoms with Crippen molar-refractivity contribution in [1.29, 1.82) is 0 Å². The van der Waals surface area contributed by atoms with E-state index in [1.165, 1.54) is 0 Å². The number of hydrogen-bond acceptors (Lipinski definition) is 3. The van der Waals surface area contributed by atoms with Gasteiger partial charge in [-0.1, -0.05) is 13.8 Å². The molecular formula is C11H22FNO3. The van der Waals surface area contributed by atoms with Gasteiger partial charge in [0, 0.05) is 0 Å². The van der Waals surface area contributed by atoms with Gasteiger partial charge in [-0.25, -0.2) is 9.18 Å². The topological polar surface area (TPSA) is 58.6 Å². The molecule has 0 aliphatic carbocycles. The largest absolute Gasteiger partial charge is 0.444 e. The van der Waals surface area contributed by atoms with Gasteiger partial charge in [-0.3, -0.25) is 0 Å². The standard InChI is InChI=1S/C11H22FNO3/c1-7(2)9(8(14)6-12)13-10(15)16-11(3,4)5/h7-9,14H,6H2,1-5H3,(H,13,15). The average Bonchev–Trinajstić information content (AvgIpc) is 2.09. The molecule has 0 aliphatic heterocycles. The quantitative estimate of drug-likeness (QED) is 0.782. The zero-order valence-corrected chi connectivity index (χ0v) is 10.6. The molecule has 0 aromatic rings. The number of amides is 1. The maximum Gasteiger partial charge on any atom is 0.407 e. The molecule has 16 heavy (non-hydrogen) atoms. The first-order valence-corrected chi connectivity index (χ1v) is 5.41. The van der Waals surface area contributed by atoms with E-state index in [-0.39, 0.29) is 5.92 Å². The Labute approximate surface area is 96.2 Å². The normalized spacial score (nSPS) is 15.8. The van der Waals surface area contributed by atoms with Crippen molar-refractivity contribution < 1.29 is 19.0 Å². The molecule has 0 aromatic carbocycles. The Morgan fingerprint density at radius 1 is 1.44 bits per heavy atom. The summed E-state index contributed by atoms with van der Waals surface area (Å²) in [6.45, 7) is 7.91. The molecule has 0 saturated carbocycles. The summed E-state index contributed by atoms with van der Waals surface area (Å²) in [5, 5.41) is 11.9. The van der Waals surface area contributed by atoms with Crippen molar-refractivity contribution in [3.63, 3.8) is 0 Å². The second kappa shape index (κ2) is 6.03. The van der Waals surface area contributed by atoms with Gasteiger partial charge in [-0.05, 0) is 26.7 Å². The zero-order valence-electron chi connectivity index (χ0n) is 10.6. The Bertz CT molecular complexity index is 226. The number of carbonyl (C=O) groups excluding carboxylic acids is 1. The second-order valence-electron chi connectivity index (χ2n) is 5.14. The van der Waals surface area contributed by atoms with Crippen molar-refractivity contribution in [2.75, 3.05) is 6.67 Å². The molecule has 0 aliphatic rings. The Morgan fingerprint density at radius 3 is 2.25 bits per heavy atom. The molecule has 0 bridgehead atoms. The van der Waals surface area contributed by atoms with E-state index in [1.807, 2.05) is 0 Å². The lowest BCUT2D eigenvalue weighted by Gasteiger charge is -2.27. The van der Waals surface area contributed by atoms with E-state index in [0.29, 0.717) is 0 Å². The monoisotopic (exact) mass is 235 g/mol. The first-order chi connectivity index (χ1) is 7.17. The number of ether oxygens (including phenoxy) is 1. The lowest BCUT2D eigenvalue weighted by atomic mass is 9.99. The summed E-state index contributed by atoms with van der Waals surface area (Å²) in [4.78, 5) is 11.4. The first-order valence-electron chi connectivity index (χ1n) is 5.41. The number of aliphatic hydroxyl groups is 1. The van der Waals surface area contributed by atoms with Gasteiger partial charge in [-0.15, -0.1) is 0 Å². The number of nitrogens with one attached hydrogen (secondary N) is 1. The van der Waals surface area contributed by atoms with Crippen molar-refractivity contribution in [3.05, 3.63) is 0 Å². The summed E-state index contributed by atoms with van der Waals surface area (Å²) in [7, 11) is 0. The Kier molecular flexibility index (Phi) is 5.72. The second-order valence-corrected chi connectivity index (χ2v) is 5.14. The van der Waals surface area contributed by atoms with Crippen LogP contribution < -0.4 is 5.32 Å². The zero-order chi connectivity index (χ0) is 12.9. The SMILES string of the molecule is CC(C)C(NC(=O)OC(C)(C)C)C(O)CF. The maximum absolute atomic E-state index is 12.3. The van der Waals surface area contributed by atoms with Crippen LogP contribution in [0.1, 0.15) is 34.6 Å². The third-order valence-electron chi connectivity index (χ3n) is 1.97. The summed E-state index contributed by atoms with van der Waals surface area (Å²) in [5.74, 6) is -0.0710. The highest BCUT2D eigenvalue weighted by Crippen LogP contribution is 2.11. The van der Waals surface area contributed by atoms with E-state index in [2.05, 4.69) is 5.32 Å². The fourth-order valence-electron chi connectivity index (χ4n) is 1.25. The van der Waals surface area contributed by atoms with E-state index in [0.717, 1.165) is 0 Å². The minimum Gasteiger partial charge on any atom is -0.444 e. The van der Waals surface area contributed by atoms with Gasteiger partial charge in [0.15, 0.2) is 0 Å². The summed E-state index contributed by atoms with van der Waals surface area (Å²) in [6.07, 6.45) is -1.84. The summed E-state index contributed by atoms with van der Waals surface area (Å²) >= 11 is 0. The van der Waals surface area contributed by atoms with Gasteiger partial charge in [0.1, 0.15) is 18.4 Å². The number of hydrogen-bond donors (Lipinski definition) is 2. The van der Waals surface area contributed by atoms with Crippen molar-refractivity contribution in [3.8, 4) is 0 Å². The summed E-state index contributed by atoms with van der Waals surface area (Å²) in [5.41, 5.74) is -0.605. The van der Waals surface area contributed by atoms with Crippen LogP contribution in [0.25, 0.3) is 0 Å². The number of alkyl halides is 1. The molecule has 0 rings (SSSR count). The van der Waals surface area contributed by atoms with Gasteiger partial charge in [0.05, 0.1) is 6.04 Å². The van der Waals surface area contributed by atoms with Gasteiger partial charge < -0.3 is 15.2 Å². The molecule has 0 heterocycles. The molecule has 96 valence electrons. The average molecular weight is 235 g/mol. The third kappa shape index (κ3) is 5.90. The van der Waals surface area contributed by atoms with Crippen LogP contribution in [-0.4, -0.2) is 35.6 Å². The first kappa shape index (κ1) is 15.2. The predicted molar refractivity (Wildman–Crippen MR) is 60.0 cm³/mol. The number of alkyl carbamates (subject to hydrolysis) is 1. The molecule has 0 fully saturated rings. The van der Waals surface area contributed by atoms with Gasteiger partial charge in [0.2, 0.25) is 0 Å². The van der Waals surface area contributed by atoms with Crippen LogP contribution in [0.3, 0.4) is 0 Å². The van der Waals surface area contributed by atoms with Crippen LogP contribution in [0.15, 0.2) is 0 Å². The van der Waals surface area contributed by atoms with E-state index < -0.39 is 30.5 Å². The molecule has 5 heteroatoms. The van der Waals surface area contributed by atoms with Gasteiger partial charge in [-0.2, -0.15) is 0 Å². The number of rotatable bonds is 4. The Hall–Kier alpha value is -0.840. The smallest absolute Gasteiger partial charge is 0.407 e. The summed E-state index contributed by atoms with van der Waals surface area (Å²) < 4.78 is 17.4. The fourth-order valence-corrected chi connectivity index (χ4v) is 1.25. The van der Waals surface area contributed by atoms with E-state index in [4.69, 9.17) is 4.74 Å². The lowest BCUT2D eigenvalue weighted by Crippen LogP contribution is -2.49. The van der Waals surface area contributed by atoms with Crippen LogP contribution in [0.2, 0.25) is 0 Å². The number of carbonyl (C=O) groups is 1. The van der Waals surface area contributed by atoms with Gasteiger partial charge in [0.25, 0.3) is 0 Å². The van der Waals surface area contributed by atoms with E-state index in [1.54, 1.807) is 34.6 Å². The number of aliphatic hydroxyl groups excluding tert-OH is 1. The van der Waals surface area contributed by atoms with Crippen LogP contribution in [-0.2, 0) is 4.74 Å². The van der Waals surface area contributed by atoms with E-state index >= 15 is 0 Å². The Morgan fingerprint density at radius 2 is 1.94 bits per heavy atom. The highest BCUT2D eigenvalue weighted by Gasteiger charge is 2.26. The molecule has 4 nitrogen and oxygen atoms in total. The molecular weight excluding hydrogens is 213 g/mol. The molecule has 0 radical (unpaired) electrons. The van der Waals surface area contributed by atoms with Crippen molar-refractivity contribution >= 4 is 6.09 Å². The van der Waals surface area contributed by atoms with Crippen LogP contribution in [0.4, 0.5) is 9.18 Å². The lowest BCUT2D eigenvalue weighted by molar-refractivity contribution is 0.0334. The highest BCUT2D eigenvalue weighted by atomic mass is 19.1. The minimum absolute atomic E-state index is 0.0710. The molecule has 1 amide bonds. The molecule has 2 unspecified atom stereocenters. The molecule has 2 N–H and O–H groups in total. The van der Waals surface area contributed by atoms with Crippen molar-refractivity contribution in [1.82, 2.24) is 5.32 Å². The molecule has 2 atom stereocenters. The summed E-state index contributed by atoms with van der Waals surface area (Å²) in [6, 6.07) is -0.639. The third-order valence-corrected chi connectivity index (χ3v) is 1.97. The van der Waals surface area contributed by atoms with Crippen molar-refractivity contribution in [2.45, 2.75) is 52.4 Å². The minimum atomic E-state index is -1.20. The van der Waals surface area contributed by atoms with Crippen LogP contribution >= 0.6 is 0 Å². The van der Waals surface area contributed by atoms with Crippen LogP contribution in [0, 0.1) is 5.92 Å². The number of halogens is 1. The molecule has 0 spiro atoms. The predicted octanol–water partition coefficient (Wildman–Crippen LogP) is 1.87. The Balaban J connectivity index is 4.36. The molecule has 0 saturated heterocycles. The fraction of sp³-hybridized carbons (Fsp3) is 0.909. The van der Waals surface area contributed by atoms with Gasteiger partial charge >= 0.3 is 6.09 Å². The van der Waals surface area contributed by atoms with Crippen LogP contribution in [0.5, 0.6) is 0 Å².